The highest BCUT2D eigenvalue weighted by atomic mass is 16.4. The summed E-state index contributed by atoms with van der Waals surface area (Å²) in [6, 6.07) is 13.6. The average Bonchev–Trinajstić information content (AvgIpc) is 3.04. The Labute approximate surface area is 152 Å². The molecular formula is C20H22N4O2. The van der Waals surface area contributed by atoms with Crippen LogP contribution in [-0.4, -0.2) is 30.2 Å². The van der Waals surface area contributed by atoms with E-state index in [9.17, 15) is 4.79 Å². The van der Waals surface area contributed by atoms with Crippen LogP contribution in [0.2, 0.25) is 0 Å². The van der Waals surface area contributed by atoms with Gasteiger partial charge in [-0.3, -0.25) is 10.1 Å². The number of nitrogens with zero attached hydrogens (tertiary/aromatic N) is 3. The fourth-order valence-corrected chi connectivity index (χ4v) is 2.66. The maximum absolute atomic E-state index is 12.3. The molecule has 2 aromatic carbocycles. The van der Waals surface area contributed by atoms with Gasteiger partial charge in [-0.05, 0) is 49.2 Å². The van der Waals surface area contributed by atoms with Gasteiger partial charge >= 0.3 is 6.01 Å². The number of carbonyl (C=O) groups is 1. The predicted octanol–water partition coefficient (Wildman–Crippen LogP) is 3.60. The molecule has 0 saturated carbocycles. The number of carbonyl (C=O) groups excluding carboxylic acids is 1. The first kappa shape index (κ1) is 17.7. The number of benzene rings is 2. The zero-order valence-electron chi connectivity index (χ0n) is 15.4. The van der Waals surface area contributed by atoms with Crippen LogP contribution < -0.4 is 10.2 Å². The topological polar surface area (TPSA) is 71.3 Å². The summed E-state index contributed by atoms with van der Waals surface area (Å²) in [5, 5.41) is 10.6. The Bertz CT molecular complexity index is 914. The van der Waals surface area contributed by atoms with Crippen molar-refractivity contribution in [2.75, 3.05) is 24.3 Å². The number of amides is 1. The maximum Gasteiger partial charge on any atom is 0.322 e. The zero-order chi connectivity index (χ0) is 18.7. The summed E-state index contributed by atoms with van der Waals surface area (Å²) < 4.78 is 5.56. The van der Waals surface area contributed by atoms with Crippen molar-refractivity contribution in [2.24, 2.45) is 0 Å². The summed E-state index contributed by atoms with van der Waals surface area (Å²) in [6.45, 7) is 4.11. The highest BCUT2D eigenvalue weighted by Gasteiger charge is 2.13. The van der Waals surface area contributed by atoms with Crippen LogP contribution >= 0.6 is 0 Å². The van der Waals surface area contributed by atoms with Crippen LogP contribution in [0.15, 0.2) is 46.9 Å². The Balaban J connectivity index is 1.67. The SMILES string of the molecule is Cc1ccc(Cc2nnc(NC(=O)c3ccc(N(C)C)cc3)o2)c(C)c1. The Morgan fingerprint density at radius 3 is 2.46 bits per heavy atom. The summed E-state index contributed by atoms with van der Waals surface area (Å²) in [6.07, 6.45) is 0.534. The number of nitrogens with one attached hydrogen (secondary N) is 1. The third-order valence-electron chi connectivity index (χ3n) is 4.17. The lowest BCUT2D eigenvalue weighted by Gasteiger charge is -2.12. The molecule has 6 heteroatoms. The van der Waals surface area contributed by atoms with Crippen molar-refractivity contribution in [3.63, 3.8) is 0 Å². The number of hydrogen-bond donors (Lipinski definition) is 1. The predicted molar refractivity (Wildman–Crippen MR) is 102 cm³/mol. The van der Waals surface area contributed by atoms with Gasteiger partial charge in [0.25, 0.3) is 5.91 Å². The number of aryl methyl sites for hydroxylation is 2. The summed E-state index contributed by atoms with van der Waals surface area (Å²) in [5.41, 5.74) is 5.07. The first-order chi connectivity index (χ1) is 12.4. The molecule has 3 aromatic rings. The number of rotatable bonds is 5. The molecule has 1 heterocycles. The van der Waals surface area contributed by atoms with Crippen LogP contribution in [0.3, 0.4) is 0 Å². The van der Waals surface area contributed by atoms with Crippen LogP contribution in [0.25, 0.3) is 0 Å². The van der Waals surface area contributed by atoms with E-state index in [-0.39, 0.29) is 11.9 Å². The highest BCUT2D eigenvalue weighted by Crippen LogP contribution is 2.17. The van der Waals surface area contributed by atoms with Gasteiger partial charge in [0.05, 0.1) is 6.42 Å². The van der Waals surface area contributed by atoms with Crippen molar-refractivity contribution in [1.82, 2.24) is 10.2 Å². The monoisotopic (exact) mass is 350 g/mol. The molecule has 0 radical (unpaired) electrons. The lowest BCUT2D eigenvalue weighted by molar-refractivity contribution is 0.102. The molecule has 0 atom stereocenters. The van der Waals surface area contributed by atoms with Gasteiger partial charge in [-0.25, -0.2) is 0 Å². The lowest BCUT2D eigenvalue weighted by atomic mass is 10.0. The largest absolute Gasteiger partial charge is 0.407 e. The Hall–Kier alpha value is -3.15. The third kappa shape index (κ3) is 4.08. The smallest absolute Gasteiger partial charge is 0.322 e. The van der Waals surface area contributed by atoms with Crippen LogP contribution in [0.5, 0.6) is 0 Å². The molecule has 0 aliphatic heterocycles. The van der Waals surface area contributed by atoms with Gasteiger partial charge in [-0.15, -0.1) is 5.10 Å². The Morgan fingerprint density at radius 2 is 1.81 bits per heavy atom. The van der Waals surface area contributed by atoms with Gasteiger partial charge < -0.3 is 9.32 Å². The van der Waals surface area contributed by atoms with E-state index in [0.717, 1.165) is 11.3 Å². The summed E-state index contributed by atoms with van der Waals surface area (Å²) >= 11 is 0. The first-order valence-electron chi connectivity index (χ1n) is 8.39. The lowest BCUT2D eigenvalue weighted by Crippen LogP contribution is -2.13. The van der Waals surface area contributed by atoms with E-state index in [1.165, 1.54) is 11.1 Å². The minimum atomic E-state index is -0.281. The van der Waals surface area contributed by atoms with Crippen LogP contribution in [0.4, 0.5) is 11.7 Å². The number of aromatic nitrogens is 2. The highest BCUT2D eigenvalue weighted by molar-refractivity contribution is 6.03. The van der Waals surface area contributed by atoms with Gasteiger partial charge in [-0.1, -0.05) is 28.9 Å². The van der Waals surface area contributed by atoms with Crippen molar-refractivity contribution in [3.05, 3.63) is 70.6 Å². The molecule has 0 unspecified atom stereocenters. The molecule has 0 saturated heterocycles. The first-order valence-corrected chi connectivity index (χ1v) is 8.39. The second-order valence-electron chi connectivity index (χ2n) is 6.50. The zero-order valence-corrected chi connectivity index (χ0v) is 15.4. The second kappa shape index (κ2) is 7.39. The van der Waals surface area contributed by atoms with E-state index < -0.39 is 0 Å². The van der Waals surface area contributed by atoms with E-state index in [0.29, 0.717) is 17.9 Å². The van der Waals surface area contributed by atoms with Crippen LogP contribution in [-0.2, 0) is 6.42 Å². The van der Waals surface area contributed by atoms with E-state index in [2.05, 4.69) is 47.6 Å². The van der Waals surface area contributed by atoms with E-state index in [1.807, 2.05) is 31.1 Å². The number of hydrogen-bond acceptors (Lipinski definition) is 5. The van der Waals surface area contributed by atoms with E-state index in [4.69, 9.17) is 4.42 Å². The molecule has 1 amide bonds. The average molecular weight is 350 g/mol. The Morgan fingerprint density at radius 1 is 1.08 bits per heavy atom. The summed E-state index contributed by atoms with van der Waals surface area (Å²) in [4.78, 5) is 14.3. The third-order valence-corrected chi connectivity index (χ3v) is 4.17. The maximum atomic E-state index is 12.3. The van der Waals surface area contributed by atoms with Gasteiger partial charge in [-0.2, -0.15) is 0 Å². The normalized spacial score (nSPS) is 10.6. The van der Waals surface area contributed by atoms with Crippen molar-refractivity contribution < 1.29 is 9.21 Å². The minimum absolute atomic E-state index is 0.103. The molecule has 0 aliphatic rings. The fourth-order valence-electron chi connectivity index (χ4n) is 2.66. The molecule has 0 bridgehead atoms. The van der Waals surface area contributed by atoms with Crippen LogP contribution in [0.1, 0.15) is 32.9 Å². The molecule has 0 aliphatic carbocycles. The molecule has 6 nitrogen and oxygen atoms in total. The molecular weight excluding hydrogens is 328 g/mol. The van der Waals surface area contributed by atoms with Gasteiger partial charge in [0.2, 0.25) is 5.89 Å². The number of anilines is 2. The molecule has 0 spiro atoms. The summed E-state index contributed by atoms with van der Waals surface area (Å²) in [5.74, 6) is 0.187. The second-order valence-corrected chi connectivity index (χ2v) is 6.50. The molecule has 1 N–H and O–H groups in total. The molecule has 0 fully saturated rings. The molecule has 134 valence electrons. The van der Waals surface area contributed by atoms with E-state index >= 15 is 0 Å². The van der Waals surface area contributed by atoms with Gasteiger partial charge in [0.15, 0.2) is 0 Å². The standard InChI is InChI=1S/C20H22N4O2/c1-13-5-6-16(14(2)11-13)12-18-22-23-20(26-18)21-19(25)15-7-9-17(10-8-15)24(3)4/h5-11H,12H2,1-4H3,(H,21,23,25). The molecule has 26 heavy (non-hydrogen) atoms. The van der Waals surface area contributed by atoms with Gasteiger partial charge in [0, 0.05) is 25.3 Å². The van der Waals surface area contributed by atoms with Crippen molar-refractivity contribution >= 4 is 17.6 Å². The molecule has 1 aromatic heterocycles. The quantitative estimate of drug-likeness (QED) is 0.761. The minimum Gasteiger partial charge on any atom is -0.407 e. The van der Waals surface area contributed by atoms with Crippen molar-refractivity contribution in [3.8, 4) is 0 Å². The van der Waals surface area contributed by atoms with Gasteiger partial charge in [0.1, 0.15) is 0 Å². The summed E-state index contributed by atoms with van der Waals surface area (Å²) in [7, 11) is 3.90. The van der Waals surface area contributed by atoms with Crippen molar-refractivity contribution in [1.29, 1.82) is 0 Å². The Kier molecular flexibility index (Phi) is 5.02. The van der Waals surface area contributed by atoms with Crippen molar-refractivity contribution in [2.45, 2.75) is 20.3 Å². The molecule has 3 rings (SSSR count). The fraction of sp³-hybridized carbons (Fsp3) is 0.250. The van der Waals surface area contributed by atoms with E-state index in [1.54, 1.807) is 12.1 Å². The van der Waals surface area contributed by atoms with Crippen LogP contribution in [0, 0.1) is 13.8 Å².